The number of carboxylic acids is 1. The Labute approximate surface area is 115 Å². The normalized spacial score (nSPS) is 11.9. The van der Waals surface area contributed by atoms with Crippen LogP contribution in [0.1, 0.15) is 19.8 Å². The molecule has 0 radical (unpaired) electrons. The largest absolute Gasteiger partial charge is 0.481 e. The maximum atomic E-state index is 11.0. The van der Waals surface area contributed by atoms with Crippen LogP contribution in [0.3, 0.4) is 0 Å². The Morgan fingerprint density at radius 3 is 2.74 bits per heavy atom. The van der Waals surface area contributed by atoms with E-state index < -0.39 is 16.8 Å². The zero-order valence-corrected chi connectivity index (χ0v) is 11.2. The first-order chi connectivity index (χ1) is 8.95. The number of carbonyl (C=O) groups is 1. The van der Waals surface area contributed by atoms with Crippen LogP contribution in [-0.2, 0) is 4.79 Å². The van der Waals surface area contributed by atoms with Crippen LogP contribution in [0.2, 0.25) is 5.02 Å². The van der Waals surface area contributed by atoms with Crippen molar-refractivity contribution in [2.24, 2.45) is 5.92 Å². The van der Waals surface area contributed by atoms with Gasteiger partial charge in [0.05, 0.1) is 21.6 Å². The van der Waals surface area contributed by atoms with Crippen molar-refractivity contribution < 1.29 is 14.8 Å². The van der Waals surface area contributed by atoms with Gasteiger partial charge in [0.1, 0.15) is 0 Å². The Morgan fingerprint density at radius 2 is 2.26 bits per heavy atom. The highest BCUT2D eigenvalue weighted by molar-refractivity contribution is 6.33. The predicted octanol–water partition coefficient (Wildman–Crippen LogP) is 3.16. The summed E-state index contributed by atoms with van der Waals surface area (Å²) in [5.41, 5.74) is 0.397. The summed E-state index contributed by atoms with van der Waals surface area (Å²) in [6, 6.07) is 4.04. The highest BCUT2D eigenvalue weighted by Crippen LogP contribution is 2.27. The van der Waals surface area contributed by atoms with Gasteiger partial charge in [-0.15, -0.1) is 0 Å². The Balaban J connectivity index is 2.72. The smallest absolute Gasteiger partial charge is 0.308 e. The number of nitro groups is 1. The number of non-ortho nitro benzene ring substituents is 1. The molecule has 7 heteroatoms. The van der Waals surface area contributed by atoms with Crippen molar-refractivity contribution >= 4 is 28.9 Å². The van der Waals surface area contributed by atoms with Gasteiger partial charge in [-0.05, 0) is 12.5 Å². The maximum Gasteiger partial charge on any atom is 0.308 e. The van der Waals surface area contributed by atoms with E-state index in [0.717, 1.165) is 6.42 Å². The number of nitro benzene ring substituents is 1. The number of nitrogens with one attached hydrogen (secondary N) is 1. The standard InChI is InChI=1S/C12H15ClN2O4/c1-2-3-8(12(16)17)7-14-11-5-4-9(15(18)19)6-10(11)13/h4-6,8,14H,2-3,7H2,1H3,(H,16,17). The summed E-state index contributed by atoms with van der Waals surface area (Å²) < 4.78 is 0. The van der Waals surface area contributed by atoms with Crippen molar-refractivity contribution in [3.63, 3.8) is 0 Å². The molecule has 104 valence electrons. The van der Waals surface area contributed by atoms with E-state index in [0.29, 0.717) is 12.1 Å². The van der Waals surface area contributed by atoms with Gasteiger partial charge in [-0.3, -0.25) is 14.9 Å². The molecule has 0 amide bonds. The number of hydrogen-bond donors (Lipinski definition) is 2. The summed E-state index contributed by atoms with van der Waals surface area (Å²) in [7, 11) is 0. The number of hydrogen-bond acceptors (Lipinski definition) is 4. The second-order valence-electron chi connectivity index (χ2n) is 4.13. The molecule has 0 aliphatic rings. The lowest BCUT2D eigenvalue weighted by molar-refractivity contribution is -0.384. The number of benzene rings is 1. The molecule has 0 saturated carbocycles. The Kier molecular flexibility index (Phi) is 5.57. The fraction of sp³-hybridized carbons (Fsp3) is 0.417. The molecular formula is C12H15ClN2O4. The minimum atomic E-state index is -0.868. The number of aliphatic carboxylic acids is 1. The van der Waals surface area contributed by atoms with Gasteiger partial charge in [0, 0.05) is 18.7 Å². The van der Waals surface area contributed by atoms with Gasteiger partial charge in [0.25, 0.3) is 5.69 Å². The Morgan fingerprint density at radius 1 is 1.58 bits per heavy atom. The highest BCUT2D eigenvalue weighted by atomic mass is 35.5. The number of halogens is 1. The van der Waals surface area contributed by atoms with Crippen LogP contribution in [0, 0.1) is 16.0 Å². The monoisotopic (exact) mass is 286 g/mol. The molecule has 0 aromatic heterocycles. The van der Waals surface area contributed by atoms with Crippen LogP contribution in [0.4, 0.5) is 11.4 Å². The van der Waals surface area contributed by atoms with Gasteiger partial charge in [-0.25, -0.2) is 0 Å². The number of carboxylic acid groups (broad SMARTS) is 1. The fourth-order valence-electron chi connectivity index (χ4n) is 1.66. The molecule has 0 heterocycles. The van der Waals surface area contributed by atoms with Crippen molar-refractivity contribution in [3.8, 4) is 0 Å². The average Bonchev–Trinajstić information content (AvgIpc) is 2.35. The van der Waals surface area contributed by atoms with Crippen LogP contribution in [0.5, 0.6) is 0 Å². The second kappa shape index (κ2) is 6.94. The molecule has 0 fully saturated rings. The molecule has 1 unspecified atom stereocenters. The summed E-state index contributed by atoms with van der Waals surface area (Å²) >= 11 is 5.90. The quantitative estimate of drug-likeness (QED) is 0.593. The summed E-state index contributed by atoms with van der Waals surface area (Å²) in [6.45, 7) is 2.15. The Bertz CT molecular complexity index is 479. The van der Waals surface area contributed by atoms with Crippen LogP contribution in [-0.4, -0.2) is 22.5 Å². The third kappa shape index (κ3) is 4.40. The minimum Gasteiger partial charge on any atom is -0.481 e. The predicted molar refractivity (Wildman–Crippen MR) is 72.6 cm³/mol. The van der Waals surface area contributed by atoms with E-state index >= 15 is 0 Å². The molecule has 1 aromatic rings. The lowest BCUT2D eigenvalue weighted by Gasteiger charge is -2.14. The van der Waals surface area contributed by atoms with Gasteiger partial charge in [0.2, 0.25) is 0 Å². The van der Waals surface area contributed by atoms with Gasteiger partial charge < -0.3 is 10.4 Å². The topological polar surface area (TPSA) is 92.5 Å². The van der Waals surface area contributed by atoms with Crippen LogP contribution in [0.15, 0.2) is 18.2 Å². The zero-order chi connectivity index (χ0) is 14.4. The van der Waals surface area contributed by atoms with Crippen molar-refractivity contribution in [1.82, 2.24) is 0 Å². The van der Waals surface area contributed by atoms with E-state index in [9.17, 15) is 14.9 Å². The molecule has 0 aliphatic carbocycles. The molecule has 0 bridgehead atoms. The molecule has 1 aromatic carbocycles. The van der Waals surface area contributed by atoms with Crippen molar-refractivity contribution in [2.45, 2.75) is 19.8 Å². The van der Waals surface area contributed by atoms with Gasteiger partial charge in [0.15, 0.2) is 0 Å². The first kappa shape index (κ1) is 15.2. The van der Waals surface area contributed by atoms with E-state index in [2.05, 4.69) is 5.32 Å². The molecule has 6 nitrogen and oxygen atoms in total. The molecule has 0 spiro atoms. The summed E-state index contributed by atoms with van der Waals surface area (Å²) in [5.74, 6) is -1.37. The van der Waals surface area contributed by atoms with Gasteiger partial charge in [-0.2, -0.15) is 0 Å². The molecule has 19 heavy (non-hydrogen) atoms. The molecule has 1 rings (SSSR count). The van der Waals surface area contributed by atoms with Crippen LogP contribution < -0.4 is 5.32 Å². The fourth-order valence-corrected chi connectivity index (χ4v) is 1.90. The SMILES string of the molecule is CCCC(CNc1ccc([N+](=O)[O-])cc1Cl)C(=O)O. The van der Waals surface area contributed by atoms with E-state index in [1.165, 1.54) is 18.2 Å². The number of nitrogens with zero attached hydrogens (tertiary/aromatic N) is 1. The zero-order valence-electron chi connectivity index (χ0n) is 10.4. The first-order valence-corrected chi connectivity index (χ1v) is 6.24. The van der Waals surface area contributed by atoms with Crippen molar-refractivity contribution in [3.05, 3.63) is 33.3 Å². The van der Waals surface area contributed by atoms with Gasteiger partial charge >= 0.3 is 5.97 Å². The Hall–Kier alpha value is -1.82. The van der Waals surface area contributed by atoms with E-state index in [-0.39, 0.29) is 17.3 Å². The van der Waals surface area contributed by atoms with E-state index in [4.69, 9.17) is 16.7 Å². The molecule has 0 aliphatic heterocycles. The third-order valence-electron chi connectivity index (χ3n) is 2.69. The van der Waals surface area contributed by atoms with Crippen molar-refractivity contribution in [1.29, 1.82) is 0 Å². The number of rotatable bonds is 7. The first-order valence-electron chi connectivity index (χ1n) is 5.86. The lowest BCUT2D eigenvalue weighted by atomic mass is 10.0. The third-order valence-corrected chi connectivity index (χ3v) is 3.00. The summed E-state index contributed by atoms with van der Waals surface area (Å²) in [6.07, 6.45) is 1.33. The maximum absolute atomic E-state index is 11.0. The lowest BCUT2D eigenvalue weighted by Crippen LogP contribution is -2.22. The summed E-state index contributed by atoms with van der Waals surface area (Å²) in [4.78, 5) is 21.0. The molecular weight excluding hydrogens is 272 g/mol. The molecule has 1 atom stereocenters. The minimum absolute atomic E-state index is 0.0982. The summed E-state index contributed by atoms with van der Waals surface area (Å²) in [5, 5.41) is 22.7. The van der Waals surface area contributed by atoms with Crippen LogP contribution >= 0.6 is 11.6 Å². The van der Waals surface area contributed by atoms with E-state index in [1.807, 2.05) is 6.92 Å². The van der Waals surface area contributed by atoms with E-state index in [1.54, 1.807) is 0 Å². The average molecular weight is 287 g/mol. The highest BCUT2D eigenvalue weighted by Gasteiger charge is 2.17. The number of anilines is 1. The van der Waals surface area contributed by atoms with Crippen molar-refractivity contribution in [2.75, 3.05) is 11.9 Å². The van der Waals surface area contributed by atoms with Gasteiger partial charge in [-0.1, -0.05) is 24.9 Å². The second-order valence-corrected chi connectivity index (χ2v) is 4.53. The van der Waals surface area contributed by atoms with Crippen LogP contribution in [0.25, 0.3) is 0 Å². The molecule has 0 saturated heterocycles. The molecule has 2 N–H and O–H groups in total.